The molecule has 0 saturated carbocycles. The molecule has 4 aromatic rings. The topological polar surface area (TPSA) is 62.8 Å². The third-order valence-corrected chi connectivity index (χ3v) is 5.86. The summed E-state index contributed by atoms with van der Waals surface area (Å²) in [4.78, 5) is 13.0. The van der Waals surface area contributed by atoms with E-state index in [1.165, 1.54) is 0 Å². The lowest BCUT2D eigenvalue weighted by Crippen LogP contribution is -2.38. The average molecular weight is 443 g/mol. The van der Waals surface area contributed by atoms with Gasteiger partial charge in [0.25, 0.3) is 0 Å². The summed E-state index contributed by atoms with van der Waals surface area (Å²) >= 11 is 0. The van der Waals surface area contributed by atoms with Gasteiger partial charge in [-0.25, -0.2) is 4.98 Å². The van der Waals surface area contributed by atoms with Crippen molar-refractivity contribution in [3.8, 4) is 28.3 Å². The van der Waals surface area contributed by atoms with Crippen molar-refractivity contribution < 1.29 is 4.74 Å². The molecule has 2 heterocycles. The maximum atomic E-state index is 5.38. The molecule has 0 amide bonds. The molecular formula is C28H34N4O. The molecule has 0 aliphatic rings. The lowest BCUT2D eigenvalue weighted by molar-refractivity contribution is 0.349. The molecule has 172 valence electrons. The van der Waals surface area contributed by atoms with E-state index in [0.29, 0.717) is 0 Å². The number of imidazole rings is 1. The second-order valence-corrected chi connectivity index (χ2v) is 10.5. The molecule has 4 rings (SSSR count). The highest BCUT2D eigenvalue weighted by molar-refractivity contribution is 5.90. The Balaban J connectivity index is 1.75. The maximum absolute atomic E-state index is 5.38. The van der Waals surface area contributed by atoms with E-state index in [0.717, 1.165) is 58.0 Å². The number of hydrogen-bond acceptors (Lipinski definition) is 4. The van der Waals surface area contributed by atoms with Gasteiger partial charge in [-0.2, -0.15) is 0 Å². The number of nitrogens with zero attached hydrogens (tertiary/aromatic N) is 2. The molecule has 33 heavy (non-hydrogen) atoms. The molecule has 5 heteroatoms. The summed E-state index contributed by atoms with van der Waals surface area (Å²) in [6, 6.07) is 16.7. The Bertz CT molecular complexity index is 1240. The van der Waals surface area contributed by atoms with Crippen LogP contribution in [0.3, 0.4) is 0 Å². The number of rotatable bonds is 7. The minimum Gasteiger partial charge on any atom is -0.497 e. The van der Waals surface area contributed by atoms with Crippen LogP contribution in [0.5, 0.6) is 5.75 Å². The van der Waals surface area contributed by atoms with Gasteiger partial charge in [-0.3, -0.25) is 4.98 Å². The fourth-order valence-electron chi connectivity index (χ4n) is 3.96. The highest BCUT2D eigenvalue weighted by atomic mass is 16.5. The number of hydrogen-bond donors (Lipinski definition) is 2. The van der Waals surface area contributed by atoms with Crippen LogP contribution in [0.2, 0.25) is 0 Å². The highest BCUT2D eigenvalue weighted by Gasteiger charge is 2.27. The minimum atomic E-state index is -0.157. The average Bonchev–Trinajstić information content (AvgIpc) is 3.24. The molecule has 0 atom stereocenters. The Morgan fingerprint density at radius 2 is 1.55 bits per heavy atom. The van der Waals surface area contributed by atoms with Crippen LogP contribution in [0.25, 0.3) is 33.3 Å². The maximum Gasteiger partial charge on any atom is 0.119 e. The molecule has 5 nitrogen and oxygen atoms in total. The van der Waals surface area contributed by atoms with E-state index in [9.17, 15) is 0 Å². The molecule has 2 aromatic carbocycles. The first kappa shape index (κ1) is 23.0. The monoisotopic (exact) mass is 442 g/mol. The van der Waals surface area contributed by atoms with E-state index in [1.807, 2.05) is 30.6 Å². The molecular weight excluding hydrogens is 408 g/mol. The summed E-state index contributed by atoms with van der Waals surface area (Å²) in [5.74, 6) is 1.83. The van der Waals surface area contributed by atoms with Crippen molar-refractivity contribution in [2.45, 2.75) is 40.0 Å². The van der Waals surface area contributed by atoms with Crippen LogP contribution in [-0.2, 0) is 5.41 Å². The fraction of sp³-hybridized carbons (Fsp3) is 0.357. The van der Waals surface area contributed by atoms with Crippen molar-refractivity contribution in [3.05, 3.63) is 66.7 Å². The predicted octanol–water partition coefficient (Wildman–Crippen LogP) is 6.21. The van der Waals surface area contributed by atoms with Gasteiger partial charge < -0.3 is 15.0 Å². The second-order valence-electron chi connectivity index (χ2n) is 10.5. The Morgan fingerprint density at radius 3 is 2.24 bits per heavy atom. The van der Waals surface area contributed by atoms with Gasteiger partial charge in [-0.1, -0.05) is 52.8 Å². The Kier molecular flexibility index (Phi) is 6.26. The minimum absolute atomic E-state index is 0.157. The summed E-state index contributed by atoms with van der Waals surface area (Å²) in [6.45, 7) is 13.0. The summed E-state index contributed by atoms with van der Waals surface area (Å²) < 4.78 is 5.38. The number of nitrogens with one attached hydrogen (secondary N) is 2. The highest BCUT2D eigenvalue weighted by Crippen LogP contribution is 2.35. The molecule has 0 spiro atoms. The van der Waals surface area contributed by atoms with Gasteiger partial charge in [0.2, 0.25) is 0 Å². The van der Waals surface area contributed by atoms with Gasteiger partial charge >= 0.3 is 0 Å². The summed E-state index contributed by atoms with van der Waals surface area (Å²) in [5.41, 5.74) is 4.21. The van der Waals surface area contributed by atoms with Crippen LogP contribution >= 0.6 is 0 Å². The van der Waals surface area contributed by atoms with Gasteiger partial charge in [0, 0.05) is 42.0 Å². The van der Waals surface area contributed by atoms with E-state index < -0.39 is 0 Å². The number of pyridine rings is 1. The standard InChI is InChI=1S/C28H34N4O/c1-27(2,3)17-30-18-28(4,5)26-31-24(19-11-13-29-14-12-19)25(32-26)22-8-7-21-16-23(33-6)10-9-20(21)15-22/h7-16,30H,17-18H2,1-6H3,(H,31,32). The van der Waals surface area contributed by atoms with Gasteiger partial charge in [0.05, 0.1) is 18.5 Å². The molecule has 0 bridgehead atoms. The third kappa shape index (κ3) is 5.25. The largest absolute Gasteiger partial charge is 0.497 e. The van der Waals surface area contributed by atoms with Crippen molar-refractivity contribution in [1.29, 1.82) is 0 Å². The molecule has 0 radical (unpaired) electrons. The first-order valence-electron chi connectivity index (χ1n) is 11.5. The van der Waals surface area contributed by atoms with Crippen molar-refractivity contribution in [1.82, 2.24) is 20.3 Å². The smallest absolute Gasteiger partial charge is 0.119 e. The lowest BCUT2D eigenvalue weighted by atomic mass is 9.91. The molecule has 0 saturated heterocycles. The molecule has 0 aliphatic carbocycles. The van der Waals surface area contributed by atoms with Crippen LogP contribution in [0.4, 0.5) is 0 Å². The van der Waals surface area contributed by atoms with Crippen molar-refractivity contribution in [2.75, 3.05) is 20.2 Å². The van der Waals surface area contributed by atoms with Crippen LogP contribution < -0.4 is 10.1 Å². The van der Waals surface area contributed by atoms with Crippen molar-refractivity contribution in [3.63, 3.8) is 0 Å². The third-order valence-electron chi connectivity index (χ3n) is 5.86. The fourth-order valence-corrected chi connectivity index (χ4v) is 3.96. The SMILES string of the molecule is COc1ccc2cc(-c3nc(C(C)(C)CNCC(C)(C)C)[nH]c3-c3ccncc3)ccc2c1. The Hall–Kier alpha value is -3.18. The first-order valence-corrected chi connectivity index (χ1v) is 11.5. The van der Waals surface area contributed by atoms with Crippen LogP contribution in [0, 0.1) is 5.41 Å². The quantitative estimate of drug-likeness (QED) is 0.357. The van der Waals surface area contributed by atoms with Crippen molar-refractivity contribution in [2.24, 2.45) is 5.41 Å². The zero-order chi connectivity index (χ0) is 23.6. The van der Waals surface area contributed by atoms with Crippen LogP contribution in [-0.4, -0.2) is 35.2 Å². The van der Waals surface area contributed by atoms with Gasteiger partial charge in [0.15, 0.2) is 0 Å². The summed E-state index contributed by atoms with van der Waals surface area (Å²) in [6.07, 6.45) is 3.64. The van der Waals surface area contributed by atoms with Crippen LogP contribution in [0.15, 0.2) is 60.9 Å². The summed E-state index contributed by atoms with van der Waals surface area (Å²) in [5, 5.41) is 5.93. The van der Waals surface area contributed by atoms with Gasteiger partial charge in [0.1, 0.15) is 11.6 Å². The second kappa shape index (κ2) is 8.99. The number of benzene rings is 2. The Labute approximate surface area is 196 Å². The number of fused-ring (bicyclic) bond motifs is 1. The van der Waals surface area contributed by atoms with Crippen LogP contribution in [0.1, 0.15) is 40.4 Å². The van der Waals surface area contributed by atoms with E-state index in [1.54, 1.807) is 7.11 Å². The van der Waals surface area contributed by atoms with Gasteiger partial charge in [-0.05, 0) is 46.5 Å². The van der Waals surface area contributed by atoms with Gasteiger partial charge in [-0.15, -0.1) is 0 Å². The zero-order valence-electron chi connectivity index (χ0n) is 20.5. The zero-order valence-corrected chi connectivity index (χ0v) is 20.5. The van der Waals surface area contributed by atoms with E-state index in [2.05, 4.69) is 80.2 Å². The predicted molar refractivity (Wildman–Crippen MR) is 137 cm³/mol. The number of aromatic nitrogens is 3. The van der Waals surface area contributed by atoms with Crippen molar-refractivity contribution >= 4 is 10.8 Å². The first-order chi connectivity index (χ1) is 15.7. The molecule has 0 unspecified atom stereocenters. The number of ether oxygens (including phenoxy) is 1. The molecule has 2 N–H and O–H groups in total. The Morgan fingerprint density at radius 1 is 0.848 bits per heavy atom. The number of H-pyrrole nitrogens is 1. The molecule has 2 aromatic heterocycles. The van der Waals surface area contributed by atoms with E-state index in [-0.39, 0.29) is 10.8 Å². The number of aromatic amines is 1. The van der Waals surface area contributed by atoms with E-state index in [4.69, 9.17) is 9.72 Å². The lowest BCUT2D eigenvalue weighted by Gasteiger charge is -2.26. The number of methoxy groups -OCH3 is 1. The molecule has 0 fully saturated rings. The summed E-state index contributed by atoms with van der Waals surface area (Å²) in [7, 11) is 1.69. The normalized spacial score (nSPS) is 12.3. The van der Waals surface area contributed by atoms with E-state index >= 15 is 0 Å². The molecule has 0 aliphatic heterocycles.